The Morgan fingerprint density at radius 1 is 1.16 bits per heavy atom. The number of nitrogens with zero attached hydrogens (tertiary/aromatic N) is 2. The molecular formula is C23H30Cl2F2N4O. The lowest BCUT2D eigenvalue weighted by Crippen LogP contribution is -2.38. The SMILES string of the molecule is Cl.Cl.O=C(Nc1cnn(CC2CC2)c1)c1cccc(C2CC2NC2CCC(F)(F)CC2)c1. The van der Waals surface area contributed by atoms with Gasteiger partial charge in [-0.2, -0.15) is 5.10 Å². The fourth-order valence-corrected chi connectivity index (χ4v) is 4.46. The molecule has 0 radical (unpaired) electrons. The molecule has 0 spiro atoms. The summed E-state index contributed by atoms with van der Waals surface area (Å²) >= 11 is 0. The Balaban J connectivity index is 0.00000144. The third kappa shape index (κ3) is 6.21. The van der Waals surface area contributed by atoms with Crippen molar-refractivity contribution in [2.24, 2.45) is 5.92 Å². The number of alkyl halides is 2. The summed E-state index contributed by atoms with van der Waals surface area (Å²) in [6.07, 6.45) is 8.13. The largest absolute Gasteiger partial charge is 0.319 e. The lowest BCUT2D eigenvalue weighted by molar-refractivity contribution is -0.0405. The Bertz CT molecular complexity index is 924. The van der Waals surface area contributed by atoms with Crippen molar-refractivity contribution in [3.8, 4) is 0 Å². The van der Waals surface area contributed by atoms with Gasteiger partial charge in [-0.15, -0.1) is 24.8 Å². The van der Waals surface area contributed by atoms with Gasteiger partial charge in [0.1, 0.15) is 0 Å². The van der Waals surface area contributed by atoms with Crippen LogP contribution in [-0.2, 0) is 6.54 Å². The van der Waals surface area contributed by atoms with Crippen LogP contribution in [0.25, 0.3) is 0 Å². The van der Waals surface area contributed by atoms with Gasteiger partial charge in [-0.25, -0.2) is 8.78 Å². The summed E-state index contributed by atoms with van der Waals surface area (Å²) in [7, 11) is 0. The number of hydrogen-bond acceptors (Lipinski definition) is 3. The highest BCUT2D eigenvalue weighted by Gasteiger charge is 2.42. The number of benzene rings is 1. The lowest BCUT2D eigenvalue weighted by Gasteiger charge is -2.29. The van der Waals surface area contributed by atoms with Gasteiger partial charge in [-0.3, -0.25) is 9.48 Å². The highest BCUT2D eigenvalue weighted by Crippen LogP contribution is 2.43. The standard InChI is InChI=1S/C23H28F2N4O.2ClH/c24-23(25)8-6-18(7-9-23)27-21-11-20(21)16-2-1-3-17(10-16)22(30)28-19-12-26-29(14-19)13-15-4-5-15;;/h1-3,10,12,14-15,18,20-21,27H,4-9,11,13H2,(H,28,30);2*1H. The fourth-order valence-electron chi connectivity index (χ4n) is 4.46. The summed E-state index contributed by atoms with van der Waals surface area (Å²) in [5.41, 5.74) is 2.47. The number of aromatic nitrogens is 2. The van der Waals surface area contributed by atoms with Crippen LogP contribution in [0.1, 0.15) is 66.8 Å². The smallest absolute Gasteiger partial charge is 0.255 e. The van der Waals surface area contributed by atoms with Gasteiger partial charge >= 0.3 is 0 Å². The molecule has 3 aliphatic rings. The number of anilines is 1. The maximum atomic E-state index is 13.3. The summed E-state index contributed by atoms with van der Waals surface area (Å²) < 4.78 is 28.6. The predicted octanol–water partition coefficient (Wildman–Crippen LogP) is 5.41. The first kappa shape index (κ1) is 24.9. The Morgan fingerprint density at radius 3 is 2.62 bits per heavy atom. The number of rotatable bonds is 7. The summed E-state index contributed by atoms with van der Waals surface area (Å²) in [6.45, 7) is 0.917. The number of halogens is 4. The summed E-state index contributed by atoms with van der Waals surface area (Å²) in [5, 5.41) is 10.8. The van der Waals surface area contributed by atoms with E-state index >= 15 is 0 Å². The quantitative estimate of drug-likeness (QED) is 0.549. The summed E-state index contributed by atoms with van der Waals surface area (Å²) in [4.78, 5) is 12.7. The van der Waals surface area contributed by atoms with Crippen LogP contribution >= 0.6 is 24.8 Å². The van der Waals surface area contributed by atoms with Gasteiger partial charge in [0.25, 0.3) is 5.91 Å². The molecule has 0 bridgehead atoms. The minimum absolute atomic E-state index is 0. The first-order valence-electron chi connectivity index (χ1n) is 11.0. The molecule has 0 aliphatic heterocycles. The molecule has 9 heteroatoms. The van der Waals surface area contributed by atoms with Crippen LogP contribution in [0.2, 0.25) is 0 Å². The molecular weight excluding hydrogens is 457 g/mol. The molecule has 1 heterocycles. The van der Waals surface area contributed by atoms with E-state index in [1.807, 2.05) is 35.1 Å². The lowest BCUT2D eigenvalue weighted by atomic mass is 9.92. The average molecular weight is 487 g/mol. The van der Waals surface area contributed by atoms with Crippen LogP contribution in [0, 0.1) is 5.92 Å². The van der Waals surface area contributed by atoms with Crippen molar-refractivity contribution >= 4 is 36.4 Å². The van der Waals surface area contributed by atoms with Crippen molar-refractivity contribution in [2.45, 2.75) is 75.4 Å². The number of amides is 1. The third-order valence-corrected chi connectivity index (χ3v) is 6.57. The zero-order valence-electron chi connectivity index (χ0n) is 17.8. The number of carbonyl (C=O) groups is 1. The van der Waals surface area contributed by atoms with E-state index in [-0.39, 0.29) is 49.6 Å². The maximum absolute atomic E-state index is 13.3. The zero-order valence-corrected chi connectivity index (χ0v) is 19.4. The van der Waals surface area contributed by atoms with Gasteiger partial charge in [0.15, 0.2) is 0 Å². The molecule has 1 amide bonds. The van der Waals surface area contributed by atoms with E-state index in [1.54, 1.807) is 6.20 Å². The second kappa shape index (κ2) is 10.1. The van der Waals surface area contributed by atoms with Crippen molar-refractivity contribution in [2.75, 3.05) is 5.32 Å². The van der Waals surface area contributed by atoms with E-state index in [0.717, 1.165) is 24.4 Å². The molecule has 1 aromatic heterocycles. The van der Waals surface area contributed by atoms with Gasteiger partial charge in [-0.05, 0) is 55.7 Å². The minimum atomic E-state index is -2.49. The van der Waals surface area contributed by atoms with Crippen molar-refractivity contribution in [3.63, 3.8) is 0 Å². The molecule has 176 valence electrons. The van der Waals surface area contributed by atoms with Crippen molar-refractivity contribution < 1.29 is 13.6 Å². The highest BCUT2D eigenvalue weighted by atomic mass is 35.5. The monoisotopic (exact) mass is 486 g/mol. The van der Waals surface area contributed by atoms with Gasteiger partial charge < -0.3 is 10.6 Å². The molecule has 2 N–H and O–H groups in total. The normalized spacial score (nSPS) is 24.2. The molecule has 5 nitrogen and oxygen atoms in total. The van der Waals surface area contributed by atoms with Crippen LogP contribution in [0.15, 0.2) is 36.7 Å². The average Bonchev–Trinajstić information content (AvgIpc) is 3.64. The first-order valence-corrected chi connectivity index (χ1v) is 11.0. The Hall–Kier alpha value is -1.70. The molecule has 3 saturated carbocycles. The molecule has 2 aromatic rings. The van der Waals surface area contributed by atoms with Crippen LogP contribution in [-0.4, -0.2) is 33.7 Å². The summed E-state index contributed by atoms with van der Waals surface area (Å²) in [5.74, 6) is -1.55. The van der Waals surface area contributed by atoms with Crippen molar-refractivity contribution in [1.82, 2.24) is 15.1 Å². The van der Waals surface area contributed by atoms with Crippen LogP contribution < -0.4 is 10.6 Å². The predicted molar refractivity (Wildman–Crippen MR) is 125 cm³/mol. The highest BCUT2D eigenvalue weighted by molar-refractivity contribution is 6.04. The maximum Gasteiger partial charge on any atom is 0.255 e. The van der Waals surface area contributed by atoms with E-state index < -0.39 is 5.92 Å². The van der Waals surface area contributed by atoms with Gasteiger partial charge in [0.05, 0.1) is 11.9 Å². The zero-order chi connectivity index (χ0) is 20.7. The minimum Gasteiger partial charge on any atom is -0.319 e. The molecule has 0 saturated heterocycles. The Morgan fingerprint density at radius 2 is 1.91 bits per heavy atom. The van der Waals surface area contributed by atoms with Crippen LogP contribution in [0.4, 0.5) is 14.5 Å². The molecule has 3 fully saturated rings. The van der Waals surface area contributed by atoms with Gasteiger partial charge in [-0.1, -0.05) is 12.1 Å². The number of nitrogens with one attached hydrogen (secondary N) is 2. The molecule has 2 unspecified atom stereocenters. The third-order valence-electron chi connectivity index (χ3n) is 6.57. The molecule has 32 heavy (non-hydrogen) atoms. The second-order valence-corrected chi connectivity index (χ2v) is 9.22. The van der Waals surface area contributed by atoms with Gasteiger partial charge in [0.2, 0.25) is 5.92 Å². The van der Waals surface area contributed by atoms with E-state index in [1.165, 1.54) is 12.8 Å². The first-order chi connectivity index (χ1) is 14.4. The van der Waals surface area contributed by atoms with E-state index in [9.17, 15) is 13.6 Å². The molecule has 2 atom stereocenters. The Labute approximate surface area is 199 Å². The van der Waals surface area contributed by atoms with Crippen molar-refractivity contribution in [3.05, 3.63) is 47.8 Å². The number of carbonyl (C=O) groups excluding carboxylic acids is 1. The fraction of sp³-hybridized carbons (Fsp3) is 0.565. The molecule has 5 rings (SSSR count). The van der Waals surface area contributed by atoms with E-state index in [0.29, 0.717) is 36.1 Å². The Kier molecular flexibility index (Phi) is 7.84. The topological polar surface area (TPSA) is 59.0 Å². The molecule has 3 aliphatic carbocycles. The number of hydrogen-bond donors (Lipinski definition) is 2. The van der Waals surface area contributed by atoms with Crippen LogP contribution in [0.3, 0.4) is 0 Å². The summed E-state index contributed by atoms with van der Waals surface area (Å²) in [6, 6.07) is 8.23. The van der Waals surface area contributed by atoms with E-state index in [4.69, 9.17) is 0 Å². The van der Waals surface area contributed by atoms with E-state index in [2.05, 4.69) is 15.7 Å². The van der Waals surface area contributed by atoms with Crippen molar-refractivity contribution in [1.29, 1.82) is 0 Å². The second-order valence-electron chi connectivity index (χ2n) is 9.22. The van der Waals surface area contributed by atoms with Gasteiger partial charge in [0, 0.05) is 49.1 Å². The molecule has 1 aromatic carbocycles. The van der Waals surface area contributed by atoms with Crippen LogP contribution in [0.5, 0.6) is 0 Å².